The molecule has 2 aromatic carbocycles. The minimum atomic E-state index is 0.0776. The highest BCUT2D eigenvalue weighted by Crippen LogP contribution is 2.27. The summed E-state index contributed by atoms with van der Waals surface area (Å²) in [5.74, 6) is 0.612. The van der Waals surface area contributed by atoms with Crippen LogP contribution in [0, 0.1) is 6.92 Å². The van der Waals surface area contributed by atoms with Gasteiger partial charge in [-0.3, -0.25) is 4.90 Å². The molecule has 4 nitrogen and oxygen atoms in total. The van der Waals surface area contributed by atoms with Gasteiger partial charge in [0.05, 0.1) is 13.7 Å². The molecule has 2 N–H and O–H groups in total. The normalized spacial score (nSPS) is 12.4. The minimum absolute atomic E-state index is 0.0776. The summed E-state index contributed by atoms with van der Waals surface area (Å²) in [6.07, 6.45) is 0.866. The third-order valence-corrected chi connectivity index (χ3v) is 4.46. The SMILES string of the molecule is CC[C@@H](CO)N(Cc1ccc(OC)c(O)c1)Cc1ccccc1C. The molecule has 0 amide bonds. The molecule has 0 unspecified atom stereocenters. The van der Waals surface area contributed by atoms with Crippen LogP contribution in [-0.4, -0.2) is 34.9 Å². The molecule has 24 heavy (non-hydrogen) atoms. The third kappa shape index (κ3) is 4.49. The summed E-state index contributed by atoms with van der Waals surface area (Å²) in [4.78, 5) is 2.25. The molecule has 0 spiro atoms. The largest absolute Gasteiger partial charge is 0.504 e. The van der Waals surface area contributed by atoms with Gasteiger partial charge in [-0.2, -0.15) is 0 Å². The molecule has 0 aliphatic heterocycles. The first kappa shape index (κ1) is 18.3. The fourth-order valence-electron chi connectivity index (χ4n) is 2.89. The highest BCUT2D eigenvalue weighted by Gasteiger charge is 2.18. The molecular weight excluding hydrogens is 302 g/mol. The van der Waals surface area contributed by atoms with Crippen molar-refractivity contribution in [1.82, 2.24) is 4.90 Å². The van der Waals surface area contributed by atoms with Crippen LogP contribution >= 0.6 is 0 Å². The Morgan fingerprint density at radius 1 is 1.12 bits per heavy atom. The molecule has 4 heteroatoms. The molecule has 0 bridgehead atoms. The van der Waals surface area contributed by atoms with Gasteiger partial charge in [0.25, 0.3) is 0 Å². The van der Waals surface area contributed by atoms with E-state index in [0.29, 0.717) is 12.3 Å². The quantitative estimate of drug-likeness (QED) is 0.778. The number of phenols is 1. The third-order valence-electron chi connectivity index (χ3n) is 4.46. The standard InChI is InChI=1S/C20H27NO3/c1-4-18(14-22)21(13-17-8-6-5-7-15(17)2)12-16-9-10-20(24-3)19(23)11-16/h5-11,18,22-23H,4,12-14H2,1-3H3/t18-/m0/s1. The highest BCUT2D eigenvalue weighted by molar-refractivity contribution is 5.41. The van der Waals surface area contributed by atoms with Crippen molar-refractivity contribution in [3.63, 3.8) is 0 Å². The lowest BCUT2D eigenvalue weighted by atomic mass is 10.1. The van der Waals surface area contributed by atoms with E-state index in [1.807, 2.05) is 18.2 Å². The molecule has 130 valence electrons. The summed E-state index contributed by atoms with van der Waals surface area (Å²) < 4.78 is 5.10. The number of hydrogen-bond donors (Lipinski definition) is 2. The molecule has 0 aromatic heterocycles. The summed E-state index contributed by atoms with van der Waals surface area (Å²) in [7, 11) is 1.54. The number of benzene rings is 2. The van der Waals surface area contributed by atoms with Crippen molar-refractivity contribution in [1.29, 1.82) is 0 Å². The predicted molar refractivity (Wildman–Crippen MR) is 96.2 cm³/mol. The van der Waals surface area contributed by atoms with Gasteiger partial charge >= 0.3 is 0 Å². The van der Waals surface area contributed by atoms with E-state index in [-0.39, 0.29) is 18.4 Å². The van der Waals surface area contributed by atoms with Crippen LogP contribution in [-0.2, 0) is 13.1 Å². The zero-order chi connectivity index (χ0) is 17.5. The second-order valence-electron chi connectivity index (χ2n) is 6.08. The summed E-state index contributed by atoms with van der Waals surface area (Å²) in [6, 6.07) is 13.8. The molecule has 2 rings (SSSR count). The maximum absolute atomic E-state index is 10.00. The van der Waals surface area contributed by atoms with Gasteiger partial charge in [0.1, 0.15) is 0 Å². The van der Waals surface area contributed by atoms with E-state index in [9.17, 15) is 10.2 Å². The maximum Gasteiger partial charge on any atom is 0.160 e. The molecule has 0 radical (unpaired) electrons. The van der Waals surface area contributed by atoms with Crippen LogP contribution in [0.5, 0.6) is 11.5 Å². The molecule has 0 saturated carbocycles. The number of hydrogen-bond acceptors (Lipinski definition) is 4. The van der Waals surface area contributed by atoms with Crippen LogP contribution in [0.4, 0.5) is 0 Å². The van der Waals surface area contributed by atoms with E-state index in [0.717, 1.165) is 18.5 Å². The fourth-order valence-corrected chi connectivity index (χ4v) is 2.89. The Kier molecular flexibility index (Phi) is 6.64. The van der Waals surface area contributed by atoms with Crippen LogP contribution in [0.2, 0.25) is 0 Å². The lowest BCUT2D eigenvalue weighted by Crippen LogP contribution is -2.36. The van der Waals surface area contributed by atoms with Gasteiger partial charge < -0.3 is 14.9 Å². The Hall–Kier alpha value is -2.04. The Bertz CT molecular complexity index is 653. The summed E-state index contributed by atoms with van der Waals surface area (Å²) in [5.41, 5.74) is 3.49. The van der Waals surface area contributed by atoms with Gasteiger partial charge in [0.15, 0.2) is 11.5 Å². The molecule has 0 saturated heterocycles. The van der Waals surface area contributed by atoms with Crippen molar-refractivity contribution < 1.29 is 14.9 Å². The van der Waals surface area contributed by atoms with Crippen LogP contribution in [0.3, 0.4) is 0 Å². The van der Waals surface area contributed by atoms with Crippen LogP contribution in [0.15, 0.2) is 42.5 Å². The number of methoxy groups -OCH3 is 1. The molecule has 0 heterocycles. The number of nitrogens with zero attached hydrogens (tertiary/aromatic N) is 1. The topological polar surface area (TPSA) is 52.9 Å². The average Bonchev–Trinajstić information content (AvgIpc) is 2.58. The lowest BCUT2D eigenvalue weighted by Gasteiger charge is -2.30. The van der Waals surface area contributed by atoms with Crippen LogP contribution in [0.1, 0.15) is 30.0 Å². The number of rotatable bonds is 8. The number of aliphatic hydroxyl groups is 1. The number of ether oxygens (including phenoxy) is 1. The van der Waals surface area contributed by atoms with E-state index in [4.69, 9.17) is 4.74 Å². The van der Waals surface area contributed by atoms with Crippen molar-refractivity contribution in [2.24, 2.45) is 0 Å². The number of aliphatic hydroxyl groups excluding tert-OH is 1. The van der Waals surface area contributed by atoms with Gasteiger partial charge in [-0.25, -0.2) is 0 Å². The lowest BCUT2D eigenvalue weighted by molar-refractivity contribution is 0.106. The van der Waals surface area contributed by atoms with Gasteiger partial charge in [-0.05, 0) is 42.2 Å². The van der Waals surface area contributed by atoms with Crippen molar-refractivity contribution in [3.05, 3.63) is 59.2 Å². The molecule has 0 aliphatic carbocycles. The second-order valence-corrected chi connectivity index (χ2v) is 6.08. The molecular formula is C20H27NO3. The van der Waals surface area contributed by atoms with Crippen molar-refractivity contribution >= 4 is 0 Å². The Balaban J connectivity index is 2.23. The minimum Gasteiger partial charge on any atom is -0.504 e. The first-order valence-electron chi connectivity index (χ1n) is 8.34. The summed E-state index contributed by atoms with van der Waals surface area (Å²) in [5, 5.41) is 19.7. The maximum atomic E-state index is 10.00. The first-order chi connectivity index (χ1) is 11.6. The van der Waals surface area contributed by atoms with E-state index in [1.54, 1.807) is 12.1 Å². The van der Waals surface area contributed by atoms with Crippen LogP contribution < -0.4 is 4.74 Å². The zero-order valence-electron chi connectivity index (χ0n) is 14.7. The molecule has 0 aliphatic rings. The monoisotopic (exact) mass is 329 g/mol. The van der Waals surface area contributed by atoms with Crippen LogP contribution in [0.25, 0.3) is 0 Å². The number of phenolic OH excluding ortho intramolecular Hbond substituents is 1. The predicted octanol–water partition coefficient (Wildman–Crippen LogP) is 3.48. The number of aromatic hydroxyl groups is 1. The molecule has 1 atom stereocenters. The first-order valence-corrected chi connectivity index (χ1v) is 8.34. The smallest absolute Gasteiger partial charge is 0.160 e. The highest BCUT2D eigenvalue weighted by atomic mass is 16.5. The van der Waals surface area contributed by atoms with Crippen molar-refractivity contribution in [3.8, 4) is 11.5 Å². The fraction of sp³-hybridized carbons (Fsp3) is 0.400. The van der Waals surface area contributed by atoms with E-state index in [2.05, 4.69) is 30.9 Å². The van der Waals surface area contributed by atoms with Crippen molar-refractivity contribution in [2.75, 3.05) is 13.7 Å². The van der Waals surface area contributed by atoms with Gasteiger partial charge in [0, 0.05) is 19.1 Å². The Morgan fingerprint density at radius 3 is 2.46 bits per heavy atom. The zero-order valence-corrected chi connectivity index (χ0v) is 14.7. The van der Waals surface area contributed by atoms with Gasteiger partial charge in [0.2, 0.25) is 0 Å². The molecule has 0 fully saturated rings. The van der Waals surface area contributed by atoms with E-state index < -0.39 is 0 Å². The van der Waals surface area contributed by atoms with Gasteiger partial charge in [-0.1, -0.05) is 37.3 Å². The number of aryl methyl sites for hydroxylation is 1. The van der Waals surface area contributed by atoms with E-state index >= 15 is 0 Å². The Labute approximate surface area is 144 Å². The summed E-state index contributed by atoms with van der Waals surface area (Å²) >= 11 is 0. The average molecular weight is 329 g/mol. The summed E-state index contributed by atoms with van der Waals surface area (Å²) in [6.45, 7) is 5.72. The second kappa shape index (κ2) is 8.71. The Morgan fingerprint density at radius 2 is 1.88 bits per heavy atom. The van der Waals surface area contributed by atoms with Crippen molar-refractivity contribution in [2.45, 2.75) is 39.4 Å². The van der Waals surface area contributed by atoms with E-state index in [1.165, 1.54) is 18.2 Å². The molecule has 2 aromatic rings. The van der Waals surface area contributed by atoms with Gasteiger partial charge in [-0.15, -0.1) is 0 Å².